The van der Waals surface area contributed by atoms with E-state index in [1.165, 1.54) is 0 Å². The monoisotopic (exact) mass is 236 g/mol. The Morgan fingerprint density at radius 3 is 2.62 bits per heavy atom. The molecule has 0 saturated heterocycles. The number of nitrogens with zero attached hydrogens (tertiary/aromatic N) is 1. The first kappa shape index (κ1) is 12.5. The van der Waals surface area contributed by atoms with Crippen LogP contribution in [0.3, 0.4) is 0 Å². The van der Waals surface area contributed by atoms with Crippen LogP contribution in [0, 0.1) is 0 Å². The molecule has 1 aromatic heterocycles. The number of halogens is 1. The van der Waals surface area contributed by atoms with E-state index < -0.39 is 0 Å². The lowest BCUT2D eigenvalue weighted by atomic mass is 9.99. The molecule has 2 rings (SSSR count). The number of aryl methyl sites for hydroxylation is 1. The van der Waals surface area contributed by atoms with Crippen LogP contribution in [0.1, 0.15) is 11.5 Å². The fourth-order valence-corrected chi connectivity index (χ4v) is 1.52. The van der Waals surface area contributed by atoms with Crippen molar-refractivity contribution in [3.8, 4) is 0 Å². The molecule has 0 aliphatic carbocycles. The summed E-state index contributed by atoms with van der Waals surface area (Å²) in [7, 11) is 1.95. The van der Waals surface area contributed by atoms with E-state index in [9.17, 15) is 4.79 Å². The number of amides is 1. The number of allylic oxidation sites excluding steroid dienone is 2. The molecule has 3 nitrogen and oxygen atoms in total. The van der Waals surface area contributed by atoms with Crippen molar-refractivity contribution in [1.29, 1.82) is 0 Å². The van der Waals surface area contributed by atoms with Crippen molar-refractivity contribution in [3.63, 3.8) is 0 Å². The molecule has 0 radical (unpaired) electrons. The summed E-state index contributed by atoms with van der Waals surface area (Å²) in [5.74, 6) is -0.185. The second-order valence-corrected chi connectivity index (χ2v) is 3.53. The summed E-state index contributed by atoms with van der Waals surface area (Å²) < 4.78 is 1.94. The Bertz CT molecular complexity index is 423. The summed E-state index contributed by atoms with van der Waals surface area (Å²) in [6, 6.07) is 3.92. The lowest BCUT2D eigenvalue weighted by molar-refractivity contribution is -0.671. The van der Waals surface area contributed by atoms with Gasteiger partial charge < -0.3 is 17.7 Å². The molecule has 4 heteroatoms. The number of carbonyl (C=O) groups excluding carboxylic acids is 1. The first-order chi connectivity index (χ1) is 7.27. The van der Waals surface area contributed by atoms with Gasteiger partial charge in [0.2, 0.25) is 5.91 Å². The summed E-state index contributed by atoms with van der Waals surface area (Å²) in [6.45, 7) is 0. The Balaban J connectivity index is 0.00000128. The van der Waals surface area contributed by atoms with Crippen molar-refractivity contribution in [2.45, 2.75) is 5.92 Å². The number of rotatable bonds is 1. The highest BCUT2D eigenvalue weighted by atomic mass is 35.5. The van der Waals surface area contributed by atoms with Crippen molar-refractivity contribution >= 4 is 5.91 Å². The normalized spacial score (nSPS) is 18.6. The Morgan fingerprint density at radius 1 is 1.25 bits per heavy atom. The quantitative estimate of drug-likeness (QED) is 0.552. The molecule has 2 heterocycles. The van der Waals surface area contributed by atoms with E-state index in [0.717, 1.165) is 5.56 Å². The summed E-state index contributed by atoms with van der Waals surface area (Å²) in [5, 5.41) is 2.72. The zero-order chi connectivity index (χ0) is 10.7. The maximum atomic E-state index is 11.7. The Morgan fingerprint density at radius 2 is 1.94 bits per heavy atom. The summed E-state index contributed by atoms with van der Waals surface area (Å²) >= 11 is 0. The molecule has 0 fully saturated rings. The van der Waals surface area contributed by atoms with Crippen LogP contribution in [-0.2, 0) is 11.8 Å². The van der Waals surface area contributed by atoms with Crippen LogP contribution in [0.15, 0.2) is 49.0 Å². The Hall–Kier alpha value is -1.61. The first-order valence-corrected chi connectivity index (χ1v) is 4.86. The van der Waals surface area contributed by atoms with Gasteiger partial charge in [-0.25, -0.2) is 4.57 Å². The molecule has 0 aromatic carbocycles. The molecule has 1 N–H and O–H groups in total. The van der Waals surface area contributed by atoms with E-state index in [0.29, 0.717) is 0 Å². The van der Waals surface area contributed by atoms with Crippen LogP contribution in [0.5, 0.6) is 0 Å². The first-order valence-electron chi connectivity index (χ1n) is 4.86. The van der Waals surface area contributed by atoms with Gasteiger partial charge in [-0.3, -0.25) is 4.79 Å². The Labute approximate surface area is 101 Å². The van der Waals surface area contributed by atoms with E-state index in [2.05, 4.69) is 5.32 Å². The van der Waals surface area contributed by atoms with Crippen LogP contribution in [0.4, 0.5) is 0 Å². The third-order valence-electron chi connectivity index (χ3n) is 2.38. The average molecular weight is 237 g/mol. The van der Waals surface area contributed by atoms with Gasteiger partial charge >= 0.3 is 0 Å². The molecule has 1 aliphatic heterocycles. The largest absolute Gasteiger partial charge is 1.00 e. The molecule has 1 aromatic rings. The molecule has 0 bridgehead atoms. The number of pyridine rings is 1. The van der Waals surface area contributed by atoms with Crippen LogP contribution >= 0.6 is 0 Å². The topological polar surface area (TPSA) is 33.0 Å². The van der Waals surface area contributed by atoms with E-state index in [-0.39, 0.29) is 24.2 Å². The second kappa shape index (κ2) is 5.47. The van der Waals surface area contributed by atoms with Gasteiger partial charge in [0.05, 0.1) is 5.92 Å². The second-order valence-electron chi connectivity index (χ2n) is 3.53. The van der Waals surface area contributed by atoms with Crippen molar-refractivity contribution in [2.24, 2.45) is 7.05 Å². The maximum absolute atomic E-state index is 11.7. The van der Waals surface area contributed by atoms with Crippen LogP contribution in [0.25, 0.3) is 0 Å². The van der Waals surface area contributed by atoms with Gasteiger partial charge in [-0.05, 0) is 11.6 Å². The van der Waals surface area contributed by atoms with Crippen LogP contribution in [0.2, 0.25) is 0 Å². The fraction of sp³-hybridized carbons (Fsp3) is 0.167. The van der Waals surface area contributed by atoms with Crippen molar-refractivity contribution < 1.29 is 21.8 Å². The van der Waals surface area contributed by atoms with Gasteiger partial charge in [-0.15, -0.1) is 0 Å². The summed E-state index contributed by atoms with van der Waals surface area (Å²) in [4.78, 5) is 11.7. The fourth-order valence-electron chi connectivity index (χ4n) is 1.52. The molecular weight excluding hydrogens is 224 g/mol. The SMILES string of the molecule is C[n+]1ccc(C2C=CC=CNC2=O)cc1.[Cl-]. The number of hydrogen-bond acceptors (Lipinski definition) is 1. The zero-order valence-electron chi connectivity index (χ0n) is 8.93. The zero-order valence-corrected chi connectivity index (χ0v) is 9.69. The number of nitrogens with one attached hydrogen (secondary N) is 1. The van der Waals surface area contributed by atoms with Gasteiger partial charge in [0, 0.05) is 18.3 Å². The van der Waals surface area contributed by atoms with Gasteiger partial charge in [-0.1, -0.05) is 12.2 Å². The standard InChI is InChI=1S/C12H12N2O.ClH/c1-14-8-5-10(6-9-14)11-4-2-3-7-13-12(11)15;/h2-9,11H,1H3;1H. The predicted octanol–water partition coefficient (Wildman–Crippen LogP) is -2.20. The lowest BCUT2D eigenvalue weighted by Gasteiger charge is -2.09. The van der Waals surface area contributed by atoms with E-state index in [1.807, 2.05) is 54.4 Å². The maximum Gasteiger partial charge on any atom is 0.235 e. The number of aromatic nitrogens is 1. The molecule has 16 heavy (non-hydrogen) atoms. The molecule has 1 atom stereocenters. The van der Waals surface area contributed by atoms with Gasteiger partial charge in [0.1, 0.15) is 7.05 Å². The molecule has 0 saturated carbocycles. The minimum absolute atomic E-state index is 0. The molecule has 1 unspecified atom stereocenters. The highest BCUT2D eigenvalue weighted by Gasteiger charge is 2.18. The highest BCUT2D eigenvalue weighted by molar-refractivity contribution is 5.86. The average Bonchev–Trinajstić information content (AvgIpc) is 2.44. The minimum Gasteiger partial charge on any atom is -1.00 e. The van der Waals surface area contributed by atoms with Crippen LogP contribution in [-0.4, -0.2) is 5.91 Å². The van der Waals surface area contributed by atoms with E-state index in [1.54, 1.807) is 6.20 Å². The van der Waals surface area contributed by atoms with Crippen molar-refractivity contribution in [3.05, 3.63) is 54.5 Å². The molecule has 1 aliphatic rings. The number of hydrogen-bond donors (Lipinski definition) is 1. The van der Waals surface area contributed by atoms with E-state index >= 15 is 0 Å². The number of carbonyl (C=O) groups is 1. The minimum atomic E-state index is -0.193. The summed E-state index contributed by atoms with van der Waals surface area (Å²) in [5.41, 5.74) is 1.01. The van der Waals surface area contributed by atoms with Gasteiger partial charge in [0.15, 0.2) is 12.4 Å². The van der Waals surface area contributed by atoms with Gasteiger partial charge in [-0.2, -0.15) is 0 Å². The third kappa shape index (κ3) is 2.70. The van der Waals surface area contributed by atoms with Crippen molar-refractivity contribution in [1.82, 2.24) is 5.32 Å². The molecule has 0 spiro atoms. The van der Waals surface area contributed by atoms with Crippen molar-refractivity contribution in [2.75, 3.05) is 0 Å². The Kier molecular flexibility index (Phi) is 4.26. The van der Waals surface area contributed by atoms with Crippen LogP contribution < -0.4 is 22.3 Å². The molecular formula is C12H13ClN2O. The van der Waals surface area contributed by atoms with Gasteiger partial charge in [0.25, 0.3) is 0 Å². The lowest BCUT2D eigenvalue weighted by Crippen LogP contribution is -3.00. The van der Waals surface area contributed by atoms with E-state index in [4.69, 9.17) is 0 Å². The highest BCUT2D eigenvalue weighted by Crippen LogP contribution is 2.17. The molecule has 84 valence electrons. The smallest absolute Gasteiger partial charge is 0.235 e. The summed E-state index contributed by atoms with van der Waals surface area (Å²) in [6.07, 6.45) is 11.1. The molecule has 1 amide bonds. The predicted molar refractivity (Wildman–Crippen MR) is 56.8 cm³/mol. The third-order valence-corrected chi connectivity index (χ3v) is 2.38.